The Bertz CT molecular complexity index is 784. The molecule has 0 amide bonds. The van der Waals surface area contributed by atoms with E-state index in [0.717, 1.165) is 57.2 Å². The highest BCUT2D eigenvalue weighted by atomic mass is 16.5. The van der Waals surface area contributed by atoms with E-state index < -0.39 is 0 Å². The number of nitrogens with zero attached hydrogens (tertiary/aromatic N) is 2. The molecule has 28 heavy (non-hydrogen) atoms. The van der Waals surface area contributed by atoms with Gasteiger partial charge in [-0.25, -0.2) is 0 Å². The summed E-state index contributed by atoms with van der Waals surface area (Å²) in [5.74, 6) is 2.39. The topological polar surface area (TPSA) is 48.9 Å². The van der Waals surface area contributed by atoms with E-state index in [0.29, 0.717) is 12.0 Å². The minimum atomic E-state index is 0.462. The number of hydrogen-bond acceptors (Lipinski definition) is 3. The number of piperidine rings is 1. The summed E-state index contributed by atoms with van der Waals surface area (Å²) in [7, 11) is 1.85. The molecule has 2 aliphatic heterocycles. The average Bonchev–Trinajstić information content (AvgIpc) is 2.77. The van der Waals surface area contributed by atoms with Gasteiger partial charge in [0, 0.05) is 44.3 Å². The maximum absolute atomic E-state index is 5.78. The molecule has 0 aliphatic carbocycles. The predicted octanol–water partition coefficient (Wildman–Crippen LogP) is 3.39. The van der Waals surface area contributed by atoms with Crippen molar-refractivity contribution in [3.8, 4) is 5.75 Å². The van der Waals surface area contributed by atoms with E-state index in [1.54, 1.807) is 0 Å². The molecule has 1 fully saturated rings. The summed E-state index contributed by atoms with van der Waals surface area (Å²) in [6.07, 6.45) is 3.28. The fourth-order valence-corrected chi connectivity index (χ4v) is 4.16. The summed E-state index contributed by atoms with van der Waals surface area (Å²) in [5.41, 5.74) is 2.62. The van der Waals surface area contributed by atoms with Crippen molar-refractivity contribution in [2.24, 2.45) is 4.99 Å². The number of ether oxygens (including phenoxy) is 1. The number of anilines is 1. The summed E-state index contributed by atoms with van der Waals surface area (Å²) in [6, 6.07) is 19.5. The third-order valence-corrected chi connectivity index (χ3v) is 5.78. The molecule has 2 N–H and O–H groups in total. The molecular weight excluding hydrogens is 348 g/mol. The number of aliphatic imine (C=N–C) groups is 1. The molecule has 1 atom stereocenters. The van der Waals surface area contributed by atoms with Crippen molar-refractivity contribution < 1.29 is 4.74 Å². The van der Waals surface area contributed by atoms with Crippen LogP contribution in [-0.4, -0.2) is 45.3 Å². The molecule has 0 bridgehead atoms. The Hall–Kier alpha value is -2.69. The quantitative estimate of drug-likeness (QED) is 0.633. The number of para-hydroxylation sites is 2. The van der Waals surface area contributed by atoms with Crippen LogP contribution in [0.4, 0.5) is 5.69 Å². The first-order valence-corrected chi connectivity index (χ1v) is 10.3. The number of benzene rings is 2. The molecule has 2 aromatic rings. The number of nitrogens with one attached hydrogen (secondary N) is 2. The third kappa shape index (κ3) is 4.41. The molecule has 1 unspecified atom stereocenters. The smallest absolute Gasteiger partial charge is 0.191 e. The minimum absolute atomic E-state index is 0.462. The van der Waals surface area contributed by atoms with Crippen LogP contribution < -0.4 is 20.3 Å². The van der Waals surface area contributed by atoms with Crippen LogP contribution in [0.5, 0.6) is 5.75 Å². The van der Waals surface area contributed by atoms with E-state index in [2.05, 4.69) is 69.1 Å². The Morgan fingerprint density at radius 1 is 1.04 bits per heavy atom. The van der Waals surface area contributed by atoms with Gasteiger partial charge in [-0.05, 0) is 43.0 Å². The predicted molar refractivity (Wildman–Crippen MR) is 115 cm³/mol. The summed E-state index contributed by atoms with van der Waals surface area (Å²) in [6.45, 7) is 3.81. The highest BCUT2D eigenvalue weighted by Gasteiger charge is 2.23. The van der Waals surface area contributed by atoms with E-state index in [1.807, 2.05) is 13.1 Å². The SMILES string of the molecule is CN=C(NCC1CCOc2ccccc21)NC1CCN(c2ccccc2)CC1. The van der Waals surface area contributed by atoms with Gasteiger partial charge in [0.05, 0.1) is 6.61 Å². The zero-order valence-electron chi connectivity index (χ0n) is 16.6. The lowest BCUT2D eigenvalue weighted by molar-refractivity contribution is 0.267. The lowest BCUT2D eigenvalue weighted by atomic mass is 9.93. The van der Waals surface area contributed by atoms with Crippen LogP contribution in [0.15, 0.2) is 59.6 Å². The Morgan fingerprint density at radius 3 is 2.57 bits per heavy atom. The first-order chi connectivity index (χ1) is 13.8. The van der Waals surface area contributed by atoms with Crippen LogP contribution >= 0.6 is 0 Å². The first-order valence-electron chi connectivity index (χ1n) is 10.3. The maximum Gasteiger partial charge on any atom is 0.191 e. The maximum atomic E-state index is 5.78. The normalized spacial score (nSPS) is 20.2. The molecule has 2 heterocycles. The van der Waals surface area contributed by atoms with Gasteiger partial charge in [-0.2, -0.15) is 0 Å². The molecule has 1 saturated heterocycles. The van der Waals surface area contributed by atoms with Crippen molar-refractivity contribution in [2.75, 3.05) is 38.2 Å². The van der Waals surface area contributed by atoms with E-state index in [-0.39, 0.29) is 0 Å². The molecule has 5 heteroatoms. The zero-order valence-corrected chi connectivity index (χ0v) is 16.6. The number of rotatable bonds is 4. The zero-order chi connectivity index (χ0) is 19.2. The van der Waals surface area contributed by atoms with Crippen LogP contribution in [0.1, 0.15) is 30.7 Å². The van der Waals surface area contributed by atoms with Gasteiger partial charge < -0.3 is 20.3 Å². The largest absolute Gasteiger partial charge is 0.493 e. The van der Waals surface area contributed by atoms with Gasteiger partial charge >= 0.3 is 0 Å². The van der Waals surface area contributed by atoms with E-state index >= 15 is 0 Å². The van der Waals surface area contributed by atoms with Crippen LogP contribution in [0, 0.1) is 0 Å². The molecule has 0 saturated carbocycles. The summed E-state index contributed by atoms with van der Waals surface area (Å²) >= 11 is 0. The molecule has 0 radical (unpaired) electrons. The van der Waals surface area contributed by atoms with Gasteiger partial charge in [0.1, 0.15) is 5.75 Å². The van der Waals surface area contributed by atoms with E-state index in [4.69, 9.17) is 4.74 Å². The van der Waals surface area contributed by atoms with Crippen LogP contribution in [-0.2, 0) is 0 Å². The molecule has 2 aromatic carbocycles. The second kappa shape index (κ2) is 9.00. The third-order valence-electron chi connectivity index (χ3n) is 5.78. The monoisotopic (exact) mass is 378 g/mol. The second-order valence-corrected chi connectivity index (χ2v) is 7.57. The Labute approximate surface area is 167 Å². The van der Waals surface area contributed by atoms with Crippen molar-refractivity contribution in [1.82, 2.24) is 10.6 Å². The van der Waals surface area contributed by atoms with Gasteiger partial charge in [-0.15, -0.1) is 0 Å². The average molecular weight is 379 g/mol. The number of hydrogen-bond donors (Lipinski definition) is 2. The highest BCUT2D eigenvalue weighted by molar-refractivity contribution is 5.80. The highest BCUT2D eigenvalue weighted by Crippen LogP contribution is 2.32. The fraction of sp³-hybridized carbons (Fsp3) is 0.435. The Morgan fingerprint density at radius 2 is 1.79 bits per heavy atom. The molecule has 2 aliphatic rings. The number of guanidine groups is 1. The van der Waals surface area contributed by atoms with Gasteiger partial charge in [-0.3, -0.25) is 4.99 Å². The van der Waals surface area contributed by atoms with E-state index in [1.165, 1.54) is 11.3 Å². The summed E-state index contributed by atoms with van der Waals surface area (Å²) in [4.78, 5) is 6.91. The second-order valence-electron chi connectivity index (χ2n) is 7.57. The standard InChI is InChI=1S/C23H30N4O/c1-24-23(25-17-18-13-16-28-22-10-6-5-9-21(18)22)26-19-11-14-27(15-12-19)20-7-3-2-4-8-20/h2-10,18-19H,11-17H2,1H3,(H2,24,25,26). The summed E-state index contributed by atoms with van der Waals surface area (Å²) < 4.78 is 5.78. The minimum Gasteiger partial charge on any atom is -0.493 e. The number of fused-ring (bicyclic) bond motifs is 1. The lowest BCUT2D eigenvalue weighted by Crippen LogP contribution is -2.49. The molecule has 0 aromatic heterocycles. The molecule has 5 nitrogen and oxygen atoms in total. The van der Waals surface area contributed by atoms with Crippen LogP contribution in [0.25, 0.3) is 0 Å². The van der Waals surface area contributed by atoms with Gasteiger partial charge in [0.2, 0.25) is 0 Å². The van der Waals surface area contributed by atoms with Crippen molar-refractivity contribution >= 4 is 11.6 Å². The first kappa shape index (κ1) is 18.7. The molecule has 4 rings (SSSR count). The van der Waals surface area contributed by atoms with Gasteiger partial charge in [-0.1, -0.05) is 36.4 Å². The van der Waals surface area contributed by atoms with Crippen molar-refractivity contribution in [3.63, 3.8) is 0 Å². The Balaban J connectivity index is 1.27. The van der Waals surface area contributed by atoms with Crippen LogP contribution in [0.3, 0.4) is 0 Å². The van der Waals surface area contributed by atoms with Crippen molar-refractivity contribution in [1.29, 1.82) is 0 Å². The van der Waals surface area contributed by atoms with Crippen molar-refractivity contribution in [2.45, 2.75) is 31.2 Å². The molecular formula is C23H30N4O. The fourth-order valence-electron chi connectivity index (χ4n) is 4.16. The summed E-state index contributed by atoms with van der Waals surface area (Å²) in [5, 5.41) is 7.16. The van der Waals surface area contributed by atoms with Gasteiger partial charge in [0.25, 0.3) is 0 Å². The van der Waals surface area contributed by atoms with Gasteiger partial charge in [0.15, 0.2) is 5.96 Å². The van der Waals surface area contributed by atoms with Crippen LogP contribution in [0.2, 0.25) is 0 Å². The molecule has 148 valence electrons. The lowest BCUT2D eigenvalue weighted by Gasteiger charge is -2.35. The van der Waals surface area contributed by atoms with E-state index in [9.17, 15) is 0 Å². The Kier molecular flexibility index (Phi) is 6.00. The molecule has 0 spiro atoms. The van der Waals surface area contributed by atoms with Crippen molar-refractivity contribution in [3.05, 3.63) is 60.2 Å².